The molecule has 0 heterocycles. The first-order valence-electron chi connectivity index (χ1n) is 7.49. The Labute approximate surface area is 125 Å². The van der Waals surface area contributed by atoms with Crippen molar-refractivity contribution in [3.63, 3.8) is 0 Å². The minimum Gasteiger partial charge on any atom is -0.484 e. The zero-order chi connectivity index (χ0) is 15.6. The van der Waals surface area contributed by atoms with Crippen LogP contribution in [0, 0.1) is 15.5 Å². The molecule has 1 atom stereocenters. The van der Waals surface area contributed by atoms with E-state index in [0.29, 0.717) is 16.9 Å². The van der Waals surface area contributed by atoms with Gasteiger partial charge in [0.05, 0.1) is 11.0 Å². The molecule has 1 aliphatic carbocycles. The van der Waals surface area contributed by atoms with Gasteiger partial charge in [0.1, 0.15) is 5.69 Å². The predicted octanol–water partition coefficient (Wildman–Crippen LogP) is 4.37. The monoisotopic (exact) mass is 292 g/mol. The smallest absolute Gasteiger partial charge is 0.333 e. The van der Waals surface area contributed by atoms with E-state index in [4.69, 9.17) is 4.74 Å². The molecule has 1 aromatic rings. The zero-order valence-corrected chi connectivity index (χ0v) is 13.2. The number of anilines is 1. The van der Waals surface area contributed by atoms with E-state index < -0.39 is 0 Å². The lowest BCUT2D eigenvalue weighted by Crippen LogP contribution is -2.18. The molecular formula is C16H24N2O3. The summed E-state index contributed by atoms with van der Waals surface area (Å²) in [6.07, 6.45) is 3.11. The highest BCUT2D eigenvalue weighted by Crippen LogP contribution is 2.41. The number of nitro groups is 1. The number of hydrogen-bond acceptors (Lipinski definition) is 4. The van der Waals surface area contributed by atoms with E-state index in [9.17, 15) is 10.1 Å². The van der Waals surface area contributed by atoms with Crippen LogP contribution in [0.5, 0.6) is 5.75 Å². The number of para-hydroxylation sites is 1. The molecule has 1 saturated carbocycles. The van der Waals surface area contributed by atoms with Crippen LogP contribution in [0.1, 0.15) is 47.0 Å². The molecule has 1 aromatic carbocycles. The van der Waals surface area contributed by atoms with E-state index in [1.165, 1.54) is 0 Å². The van der Waals surface area contributed by atoms with Crippen LogP contribution >= 0.6 is 0 Å². The van der Waals surface area contributed by atoms with Crippen molar-refractivity contribution < 1.29 is 9.66 Å². The summed E-state index contributed by atoms with van der Waals surface area (Å²) in [5.74, 6) is 0.331. The summed E-state index contributed by atoms with van der Waals surface area (Å²) in [7, 11) is 0. The van der Waals surface area contributed by atoms with Crippen molar-refractivity contribution in [2.45, 2.75) is 59.1 Å². The summed E-state index contributed by atoms with van der Waals surface area (Å²) in [5.41, 5.74) is 0.898. The molecule has 1 aliphatic rings. The highest BCUT2D eigenvalue weighted by Gasteiger charge is 2.32. The maximum Gasteiger partial charge on any atom is 0.333 e. The summed E-state index contributed by atoms with van der Waals surface area (Å²) < 4.78 is 5.57. The van der Waals surface area contributed by atoms with Crippen molar-refractivity contribution in [3.8, 4) is 5.75 Å². The third-order valence-electron chi connectivity index (χ3n) is 3.87. The van der Waals surface area contributed by atoms with Gasteiger partial charge in [-0.1, -0.05) is 19.9 Å². The van der Waals surface area contributed by atoms with E-state index in [2.05, 4.69) is 19.2 Å². The van der Waals surface area contributed by atoms with Gasteiger partial charge in [-0.3, -0.25) is 10.1 Å². The summed E-state index contributed by atoms with van der Waals surface area (Å²) in [4.78, 5) is 11.0. The summed E-state index contributed by atoms with van der Waals surface area (Å²) in [5, 5.41) is 14.7. The fourth-order valence-electron chi connectivity index (χ4n) is 2.96. The van der Waals surface area contributed by atoms with Crippen LogP contribution in [0.3, 0.4) is 0 Å². The molecule has 2 rings (SSSR count). The number of hydrogen-bond donors (Lipinski definition) is 1. The molecule has 0 amide bonds. The van der Waals surface area contributed by atoms with Gasteiger partial charge in [-0.2, -0.15) is 0 Å². The van der Waals surface area contributed by atoms with Gasteiger partial charge in [-0.15, -0.1) is 0 Å². The Kier molecular flexibility index (Phi) is 4.40. The van der Waals surface area contributed by atoms with Gasteiger partial charge >= 0.3 is 5.69 Å². The summed E-state index contributed by atoms with van der Waals surface area (Å²) >= 11 is 0. The second kappa shape index (κ2) is 5.92. The fraction of sp³-hybridized carbons (Fsp3) is 0.625. The Morgan fingerprint density at radius 3 is 2.67 bits per heavy atom. The second-order valence-electron chi connectivity index (χ2n) is 6.82. The van der Waals surface area contributed by atoms with E-state index in [1.807, 2.05) is 13.8 Å². The third-order valence-corrected chi connectivity index (χ3v) is 3.87. The Bertz CT molecular complexity index is 526. The van der Waals surface area contributed by atoms with Crippen LogP contribution in [-0.2, 0) is 0 Å². The zero-order valence-electron chi connectivity index (χ0n) is 13.2. The second-order valence-corrected chi connectivity index (χ2v) is 6.82. The molecule has 116 valence electrons. The first-order chi connectivity index (χ1) is 9.78. The summed E-state index contributed by atoms with van der Waals surface area (Å²) in [6.45, 7) is 8.20. The van der Waals surface area contributed by atoms with Crippen LogP contribution in [0.4, 0.5) is 11.4 Å². The highest BCUT2D eigenvalue weighted by molar-refractivity contribution is 5.68. The number of nitro benzene ring substituents is 1. The molecule has 0 aliphatic heterocycles. The van der Waals surface area contributed by atoms with Crippen molar-refractivity contribution in [2.75, 3.05) is 5.32 Å². The van der Waals surface area contributed by atoms with Gasteiger partial charge in [0, 0.05) is 6.04 Å². The minimum absolute atomic E-state index is 0.0379. The minimum atomic E-state index is -0.361. The molecule has 5 nitrogen and oxygen atoms in total. The standard InChI is InChI=1S/C16H24N2O3/c1-11(2)21-14-7-5-6-13(15(14)18(19)20)17-12-8-9-16(3,4)10-12/h5-7,11-12,17H,8-10H2,1-4H3. The summed E-state index contributed by atoms with van der Waals surface area (Å²) in [6, 6.07) is 5.50. The van der Waals surface area contributed by atoms with Crippen molar-refractivity contribution in [2.24, 2.45) is 5.41 Å². The van der Waals surface area contributed by atoms with Crippen LogP contribution in [0.25, 0.3) is 0 Å². The van der Waals surface area contributed by atoms with Crippen LogP contribution in [0.2, 0.25) is 0 Å². The number of ether oxygens (including phenoxy) is 1. The molecule has 5 heteroatoms. The molecule has 1 unspecified atom stereocenters. The van der Waals surface area contributed by atoms with Gasteiger partial charge in [0.15, 0.2) is 5.75 Å². The molecule has 1 N–H and O–H groups in total. The van der Waals surface area contributed by atoms with Crippen molar-refractivity contribution >= 4 is 11.4 Å². The van der Waals surface area contributed by atoms with Crippen molar-refractivity contribution in [1.29, 1.82) is 0 Å². The Morgan fingerprint density at radius 1 is 1.43 bits per heavy atom. The largest absolute Gasteiger partial charge is 0.484 e. The number of nitrogens with zero attached hydrogens (tertiary/aromatic N) is 1. The first kappa shape index (κ1) is 15.6. The Hall–Kier alpha value is -1.78. The van der Waals surface area contributed by atoms with Gasteiger partial charge in [0.2, 0.25) is 0 Å². The maximum atomic E-state index is 11.4. The van der Waals surface area contributed by atoms with Gasteiger partial charge in [0.25, 0.3) is 0 Å². The van der Waals surface area contributed by atoms with Gasteiger partial charge < -0.3 is 10.1 Å². The average molecular weight is 292 g/mol. The lowest BCUT2D eigenvalue weighted by atomic mass is 9.92. The van der Waals surface area contributed by atoms with Crippen LogP contribution in [-0.4, -0.2) is 17.1 Å². The van der Waals surface area contributed by atoms with E-state index in [0.717, 1.165) is 19.3 Å². The molecule has 0 spiro atoms. The van der Waals surface area contributed by atoms with Gasteiger partial charge in [-0.25, -0.2) is 0 Å². The molecular weight excluding hydrogens is 268 g/mol. The molecule has 21 heavy (non-hydrogen) atoms. The SMILES string of the molecule is CC(C)Oc1cccc(NC2CCC(C)(C)C2)c1[N+](=O)[O-]. The molecule has 0 radical (unpaired) electrons. The quantitative estimate of drug-likeness (QED) is 0.646. The maximum absolute atomic E-state index is 11.4. The van der Waals surface area contributed by atoms with Crippen LogP contribution < -0.4 is 10.1 Å². The number of nitrogens with one attached hydrogen (secondary N) is 1. The number of rotatable bonds is 5. The normalized spacial score (nSPS) is 20.5. The molecule has 0 bridgehead atoms. The topological polar surface area (TPSA) is 64.4 Å². The van der Waals surface area contributed by atoms with Crippen LogP contribution in [0.15, 0.2) is 18.2 Å². The predicted molar refractivity (Wildman–Crippen MR) is 83.9 cm³/mol. The van der Waals surface area contributed by atoms with Crippen molar-refractivity contribution in [3.05, 3.63) is 28.3 Å². The molecule has 0 aromatic heterocycles. The van der Waals surface area contributed by atoms with E-state index >= 15 is 0 Å². The number of benzene rings is 1. The Balaban J connectivity index is 2.24. The highest BCUT2D eigenvalue weighted by atomic mass is 16.6. The van der Waals surface area contributed by atoms with E-state index in [1.54, 1.807) is 18.2 Å². The lowest BCUT2D eigenvalue weighted by Gasteiger charge is -2.19. The Morgan fingerprint density at radius 2 is 2.14 bits per heavy atom. The third kappa shape index (κ3) is 3.86. The fourth-order valence-corrected chi connectivity index (χ4v) is 2.96. The van der Waals surface area contributed by atoms with Crippen molar-refractivity contribution in [1.82, 2.24) is 0 Å². The van der Waals surface area contributed by atoms with E-state index in [-0.39, 0.29) is 22.8 Å². The average Bonchev–Trinajstić information content (AvgIpc) is 2.67. The molecule has 0 saturated heterocycles. The molecule has 1 fully saturated rings. The lowest BCUT2D eigenvalue weighted by molar-refractivity contribution is -0.385. The first-order valence-corrected chi connectivity index (χ1v) is 7.49. The van der Waals surface area contributed by atoms with Gasteiger partial charge in [-0.05, 0) is 50.7 Å².